The molecule has 0 aliphatic rings. The molecule has 1 aromatic rings. The number of aromatic nitrogens is 1. The Balaban J connectivity index is 2.51. The molecule has 0 aliphatic heterocycles. The van der Waals surface area contributed by atoms with Gasteiger partial charge in [0.2, 0.25) is 0 Å². The number of hydrogen-bond donors (Lipinski definition) is 0. The van der Waals surface area contributed by atoms with Crippen molar-refractivity contribution in [1.82, 2.24) is 4.98 Å². The van der Waals surface area contributed by atoms with E-state index >= 15 is 0 Å². The van der Waals surface area contributed by atoms with E-state index in [0.29, 0.717) is 5.56 Å². The smallest absolute Gasteiger partial charge is 0.261 e. The average Bonchev–Trinajstić information content (AvgIpc) is 2.08. The second kappa shape index (κ2) is 5.44. The second-order valence-electron chi connectivity index (χ2n) is 2.49. The Morgan fingerprint density at radius 1 is 1.36 bits per heavy atom. The summed E-state index contributed by atoms with van der Waals surface area (Å²) in [5.74, 6) is 0. The van der Waals surface area contributed by atoms with Crippen molar-refractivity contribution in [1.29, 1.82) is 0 Å². The quantitative estimate of drug-likeness (QED) is 0.756. The highest BCUT2D eigenvalue weighted by Crippen LogP contribution is 2.17. The summed E-state index contributed by atoms with van der Waals surface area (Å²) in [5.41, 5.74) is 0.539. The summed E-state index contributed by atoms with van der Waals surface area (Å²) in [5, 5.41) is 0.430. The molecule has 0 unspecified atom stereocenters. The van der Waals surface area contributed by atoms with Crippen LogP contribution in [0.2, 0.25) is 10.3 Å². The molecule has 14 heavy (non-hydrogen) atoms. The molecule has 0 fully saturated rings. The zero-order chi connectivity index (χ0) is 10.6. The Labute approximate surface area is 89.8 Å². The maximum absolute atomic E-state index is 11.7. The van der Waals surface area contributed by atoms with Gasteiger partial charge >= 0.3 is 0 Å². The predicted molar refractivity (Wildman–Crippen MR) is 49.9 cm³/mol. The number of pyridine rings is 1. The SMILES string of the molecule is FC(F)COCc1ccc(Cl)nc1Cl. The van der Waals surface area contributed by atoms with Crippen LogP contribution in [0.3, 0.4) is 0 Å². The molecule has 0 saturated carbocycles. The van der Waals surface area contributed by atoms with Crippen LogP contribution in [-0.4, -0.2) is 18.0 Å². The number of hydrogen-bond acceptors (Lipinski definition) is 2. The fourth-order valence-electron chi connectivity index (χ4n) is 0.807. The molecule has 0 amide bonds. The third-order valence-corrected chi connectivity index (χ3v) is 1.93. The lowest BCUT2D eigenvalue weighted by molar-refractivity contribution is 0.00982. The highest BCUT2D eigenvalue weighted by molar-refractivity contribution is 6.32. The van der Waals surface area contributed by atoms with Crippen LogP contribution in [0.15, 0.2) is 12.1 Å². The average molecular weight is 242 g/mol. The molecule has 0 N–H and O–H groups in total. The van der Waals surface area contributed by atoms with Crippen molar-refractivity contribution in [2.75, 3.05) is 6.61 Å². The first kappa shape index (κ1) is 11.6. The third-order valence-electron chi connectivity index (χ3n) is 1.39. The lowest BCUT2D eigenvalue weighted by atomic mass is 10.3. The van der Waals surface area contributed by atoms with Gasteiger partial charge in [-0.25, -0.2) is 13.8 Å². The predicted octanol–water partition coefficient (Wildman–Crippen LogP) is 3.17. The molecule has 0 aliphatic carbocycles. The van der Waals surface area contributed by atoms with Crippen LogP contribution in [-0.2, 0) is 11.3 Å². The lowest BCUT2D eigenvalue weighted by Gasteiger charge is -2.04. The normalized spacial score (nSPS) is 10.9. The molecule has 1 rings (SSSR count). The van der Waals surface area contributed by atoms with Crippen molar-refractivity contribution in [3.8, 4) is 0 Å². The van der Waals surface area contributed by atoms with Gasteiger partial charge in [-0.2, -0.15) is 0 Å². The van der Waals surface area contributed by atoms with Gasteiger partial charge in [-0.05, 0) is 6.07 Å². The Morgan fingerprint density at radius 3 is 2.64 bits per heavy atom. The zero-order valence-corrected chi connectivity index (χ0v) is 8.53. The third kappa shape index (κ3) is 3.74. The summed E-state index contributed by atoms with van der Waals surface area (Å²) in [6, 6.07) is 3.11. The van der Waals surface area contributed by atoms with E-state index in [4.69, 9.17) is 23.2 Å². The van der Waals surface area contributed by atoms with Crippen LogP contribution in [0.5, 0.6) is 0 Å². The Hall–Kier alpha value is -0.450. The first-order chi connectivity index (χ1) is 6.59. The van der Waals surface area contributed by atoms with E-state index in [1.165, 1.54) is 6.07 Å². The summed E-state index contributed by atoms with van der Waals surface area (Å²) < 4.78 is 28.1. The van der Waals surface area contributed by atoms with Crippen molar-refractivity contribution >= 4 is 23.2 Å². The molecular formula is C8H7Cl2F2NO. The van der Waals surface area contributed by atoms with Crippen LogP contribution in [0.4, 0.5) is 8.78 Å². The van der Waals surface area contributed by atoms with Gasteiger partial charge in [-0.15, -0.1) is 0 Å². The van der Waals surface area contributed by atoms with Crippen molar-refractivity contribution in [3.63, 3.8) is 0 Å². The molecule has 0 bridgehead atoms. The summed E-state index contributed by atoms with van der Waals surface area (Å²) in [6.45, 7) is -0.605. The van der Waals surface area contributed by atoms with Crippen molar-refractivity contribution in [2.24, 2.45) is 0 Å². The Bertz CT molecular complexity index is 309. The van der Waals surface area contributed by atoms with Gasteiger partial charge < -0.3 is 4.74 Å². The summed E-state index contributed by atoms with van der Waals surface area (Å²) in [4.78, 5) is 3.73. The van der Waals surface area contributed by atoms with E-state index in [-0.39, 0.29) is 16.9 Å². The second-order valence-corrected chi connectivity index (χ2v) is 3.24. The van der Waals surface area contributed by atoms with Crippen molar-refractivity contribution in [3.05, 3.63) is 28.0 Å². The van der Waals surface area contributed by atoms with Gasteiger partial charge in [-0.3, -0.25) is 0 Å². The topological polar surface area (TPSA) is 22.1 Å². The van der Waals surface area contributed by atoms with E-state index in [9.17, 15) is 8.78 Å². The number of ether oxygens (including phenoxy) is 1. The van der Waals surface area contributed by atoms with Crippen LogP contribution >= 0.6 is 23.2 Å². The minimum absolute atomic E-state index is 0.00728. The van der Waals surface area contributed by atoms with E-state index < -0.39 is 13.0 Å². The maximum atomic E-state index is 11.7. The van der Waals surface area contributed by atoms with Gasteiger partial charge in [0.25, 0.3) is 6.43 Å². The molecule has 0 atom stereocenters. The number of halogens is 4. The van der Waals surface area contributed by atoms with E-state index in [1.807, 2.05) is 0 Å². The van der Waals surface area contributed by atoms with Crippen molar-refractivity contribution < 1.29 is 13.5 Å². The molecule has 78 valence electrons. The number of rotatable bonds is 4. The molecule has 6 heteroatoms. The van der Waals surface area contributed by atoms with Gasteiger partial charge in [0.05, 0.1) is 6.61 Å². The lowest BCUT2D eigenvalue weighted by Crippen LogP contribution is -2.04. The highest BCUT2D eigenvalue weighted by atomic mass is 35.5. The van der Waals surface area contributed by atoms with Gasteiger partial charge in [0.1, 0.15) is 16.9 Å². The van der Waals surface area contributed by atoms with E-state index in [2.05, 4.69) is 9.72 Å². The van der Waals surface area contributed by atoms with Gasteiger partial charge in [0.15, 0.2) is 0 Å². The fourth-order valence-corrected chi connectivity index (χ4v) is 1.21. The maximum Gasteiger partial charge on any atom is 0.261 e. The number of alkyl halides is 2. The van der Waals surface area contributed by atoms with Crippen LogP contribution in [0.25, 0.3) is 0 Å². The highest BCUT2D eigenvalue weighted by Gasteiger charge is 2.05. The molecular weight excluding hydrogens is 235 g/mol. The van der Waals surface area contributed by atoms with Gasteiger partial charge in [0, 0.05) is 5.56 Å². The molecule has 0 saturated heterocycles. The van der Waals surface area contributed by atoms with Crippen LogP contribution < -0.4 is 0 Å². The first-order valence-corrected chi connectivity index (χ1v) is 4.52. The van der Waals surface area contributed by atoms with Gasteiger partial charge in [-0.1, -0.05) is 29.3 Å². The minimum atomic E-state index is -2.48. The fraction of sp³-hybridized carbons (Fsp3) is 0.375. The van der Waals surface area contributed by atoms with Crippen LogP contribution in [0.1, 0.15) is 5.56 Å². The zero-order valence-electron chi connectivity index (χ0n) is 7.01. The Morgan fingerprint density at radius 2 is 2.07 bits per heavy atom. The molecule has 1 aromatic heterocycles. The molecule has 2 nitrogen and oxygen atoms in total. The largest absolute Gasteiger partial charge is 0.371 e. The number of nitrogens with zero attached hydrogens (tertiary/aromatic N) is 1. The minimum Gasteiger partial charge on any atom is -0.371 e. The summed E-state index contributed by atoms with van der Waals surface area (Å²) >= 11 is 11.2. The summed E-state index contributed by atoms with van der Waals surface area (Å²) in [6.07, 6.45) is -2.48. The van der Waals surface area contributed by atoms with E-state index in [1.54, 1.807) is 6.07 Å². The van der Waals surface area contributed by atoms with Crippen molar-refractivity contribution in [2.45, 2.75) is 13.0 Å². The standard InChI is InChI=1S/C8H7Cl2F2NO/c9-6-2-1-5(8(10)13-6)3-14-4-7(11)12/h1-2,7H,3-4H2. The van der Waals surface area contributed by atoms with Crippen LogP contribution in [0, 0.1) is 0 Å². The molecule has 0 radical (unpaired) electrons. The summed E-state index contributed by atoms with van der Waals surface area (Å²) in [7, 11) is 0. The molecule has 0 spiro atoms. The monoisotopic (exact) mass is 241 g/mol. The molecule has 0 aromatic carbocycles. The Kier molecular flexibility index (Phi) is 4.51. The molecule has 1 heterocycles. The van der Waals surface area contributed by atoms with E-state index in [0.717, 1.165) is 0 Å². The first-order valence-electron chi connectivity index (χ1n) is 3.76.